The van der Waals surface area contributed by atoms with Gasteiger partial charge in [0.1, 0.15) is 39.8 Å². The predicted octanol–water partition coefficient (Wildman–Crippen LogP) is 3.92. The van der Waals surface area contributed by atoms with Crippen molar-refractivity contribution in [1.29, 1.82) is 0 Å². The van der Waals surface area contributed by atoms with Crippen molar-refractivity contribution in [1.82, 2.24) is 4.72 Å². The Kier molecular flexibility index (Phi) is 9.62. The minimum atomic E-state index is -4.12. The fourth-order valence-corrected chi connectivity index (χ4v) is 6.78. The zero-order valence-corrected chi connectivity index (χ0v) is 23.8. The second kappa shape index (κ2) is 12.9. The van der Waals surface area contributed by atoms with E-state index in [-0.39, 0.29) is 41.3 Å². The van der Waals surface area contributed by atoms with E-state index in [1.165, 1.54) is 26.4 Å². The van der Waals surface area contributed by atoms with Crippen LogP contribution in [0.4, 0.5) is 5.69 Å². The van der Waals surface area contributed by atoms with Crippen molar-refractivity contribution >= 4 is 44.4 Å². The first-order valence-corrected chi connectivity index (χ1v) is 15.4. The molecule has 2 atom stereocenters. The monoisotopic (exact) mass is 592 g/mol. The zero-order chi connectivity index (χ0) is 28.0. The van der Waals surface area contributed by atoms with Crippen LogP contribution in [0.3, 0.4) is 0 Å². The number of sulfonamides is 1. The Morgan fingerprint density at radius 2 is 1.85 bits per heavy atom. The van der Waals surface area contributed by atoms with E-state index >= 15 is 0 Å². The summed E-state index contributed by atoms with van der Waals surface area (Å²) in [4.78, 5) is 12.6. The molecule has 0 spiro atoms. The first-order chi connectivity index (χ1) is 18.7. The van der Waals surface area contributed by atoms with Crippen molar-refractivity contribution in [3.8, 4) is 17.2 Å². The number of ether oxygens (including phenoxy) is 3. The average molecular weight is 593 g/mol. The third kappa shape index (κ3) is 7.58. The van der Waals surface area contributed by atoms with Gasteiger partial charge in [-0.1, -0.05) is 35.9 Å². The Balaban J connectivity index is 1.58. The molecule has 9 nitrogen and oxygen atoms in total. The molecule has 1 saturated heterocycles. The van der Waals surface area contributed by atoms with Crippen LogP contribution < -0.4 is 24.2 Å². The Bertz CT molecular complexity index is 1440. The maximum Gasteiger partial charge on any atom is 0.244 e. The van der Waals surface area contributed by atoms with Gasteiger partial charge in [-0.15, -0.1) is 0 Å². The van der Waals surface area contributed by atoms with Gasteiger partial charge in [0.25, 0.3) is 0 Å². The van der Waals surface area contributed by atoms with Crippen LogP contribution in [-0.2, 0) is 39.0 Å². The average Bonchev–Trinajstić information content (AvgIpc) is 3.33. The summed E-state index contributed by atoms with van der Waals surface area (Å²) < 4.78 is 58.0. The number of benzene rings is 3. The van der Waals surface area contributed by atoms with Gasteiger partial charge >= 0.3 is 0 Å². The van der Waals surface area contributed by atoms with Crippen molar-refractivity contribution in [3.05, 3.63) is 76.8 Å². The van der Waals surface area contributed by atoms with E-state index in [2.05, 4.69) is 10.0 Å². The van der Waals surface area contributed by atoms with Crippen LogP contribution in [0.5, 0.6) is 17.2 Å². The van der Waals surface area contributed by atoms with Gasteiger partial charge in [0.05, 0.1) is 20.6 Å². The van der Waals surface area contributed by atoms with Gasteiger partial charge in [-0.2, -0.15) is 0 Å². The maximum absolute atomic E-state index is 13.5. The standard InChI is InChI=1S/C27H29ClN2O7S2/c1-35-21-9-7-19(25(15-21)36-2)16-29-39(33,34)26-14-20(8-10-24(26)37-22-11-12-38(32)17-22)30-27(31)13-18-5-3-4-6-23(18)28/h3-10,14-15,22,29H,11-13,16-17H2,1-2H3,(H,30,31)/t22-,38?/m0/s1. The van der Waals surface area contributed by atoms with Gasteiger partial charge in [0, 0.05) is 35.3 Å². The van der Waals surface area contributed by atoms with Crippen molar-refractivity contribution < 1.29 is 32.0 Å². The molecule has 12 heteroatoms. The number of amides is 1. The second-order valence-electron chi connectivity index (χ2n) is 8.82. The molecule has 1 fully saturated rings. The summed E-state index contributed by atoms with van der Waals surface area (Å²) in [6, 6.07) is 16.5. The van der Waals surface area contributed by atoms with E-state index in [0.717, 1.165) is 0 Å². The van der Waals surface area contributed by atoms with Crippen molar-refractivity contribution in [2.75, 3.05) is 31.0 Å². The minimum absolute atomic E-state index is 0.0173. The number of anilines is 1. The Morgan fingerprint density at radius 1 is 1.05 bits per heavy atom. The number of nitrogens with one attached hydrogen (secondary N) is 2. The highest BCUT2D eigenvalue weighted by atomic mass is 35.5. The Morgan fingerprint density at radius 3 is 2.54 bits per heavy atom. The molecular formula is C27H29ClN2O7S2. The normalized spacial score (nSPS) is 17.0. The van der Waals surface area contributed by atoms with E-state index in [0.29, 0.717) is 45.6 Å². The zero-order valence-electron chi connectivity index (χ0n) is 21.4. The Labute approximate surface area is 236 Å². The molecule has 3 aromatic carbocycles. The van der Waals surface area contributed by atoms with Gasteiger partial charge in [-0.3, -0.25) is 4.79 Å². The first kappa shape index (κ1) is 29.0. The first-order valence-electron chi connectivity index (χ1n) is 12.1. The van der Waals surface area contributed by atoms with E-state index < -0.39 is 21.2 Å². The molecule has 1 heterocycles. The summed E-state index contributed by atoms with van der Waals surface area (Å²) in [5, 5.41) is 3.20. The minimum Gasteiger partial charge on any atom is -0.616 e. The summed E-state index contributed by atoms with van der Waals surface area (Å²) in [5.74, 6) is 1.61. The number of hydrogen-bond donors (Lipinski definition) is 2. The van der Waals surface area contributed by atoms with E-state index in [1.54, 1.807) is 48.5 Å². The number of methoxy groups -OCH3 is 2. The lowest BCUT2D eigenvalue weighted by molar-refractivity contribution is -0.115. The van der Waals surface area contributed by atoms with Crippen LogP contribution in [-0.4, -0.2) is 50.7 Å². The number of carbonyl (C=O) groups excluding carboxylic acids is 1. The smallest absolute Gasteiger partial charge is 0.244 e. The van der Waals surface area contributed by atoms with Crippen LogP contribution in [0, 0.1) is 0 Å². The molecule has 0 saturated carbocycles. The van der Waals surface area contributed by atoms with E-state index in [9.17, 15) is 17.8 Å². The fourth-order valence-electron chi connectivity index (χ4n) is 4.07. The van der Waals surface area contributed by atoms with Crippen molar-refractivity contribution in [2.45, 2.75) is 30.4 Å². The van der Waals surface area contributed by atoms with Crippen LogP contribution in [0.2, 0.25) is 5.02 Å². The number of halogens is 1. The highest BCUT2D eigenvalue weighted by Crippen LogP contribution is 2.31. The summed E-state index contributed by atoms with van der Waals surface area (Å²) >= 11 is 5.17. The largest absolute Gasteiger partial charge is 0.616 e. The van der Waals surface area contributed by atoms with Crippen molar-refractivity contribution in [3.63, 3.8) is 0 Å². The second-order valence-corrected chi connectivity index (χ2v) is 12.6. The molecule has 0 aromatic heterocycles. The predicted molar refractivity (Wildman–Crippen MR) is 151 cm³/mol. The van der Waals surface area contributed by atoms with Crippen LogP contribution >= 0.6 is 11.6 Å². The lowest BCUT2D eigenvalue weighted by atomic mass is 10.1. The lowest BCUT2D eigenvalue weighted by Gasteiger charge is -2.18. The lowest BCUT2D eigenvalue weighted by Crippen LogP contribution is -2.26. The summed E-state index contributed by atoms with van der Waals surface area (Å²) in [5.41, 5.74) is 1.52. The van der Waals surface area contributed by atoms with Crippen LogP contribution in [0.25, 0.3) is 0 Å². The highest BCUT2D eigenvalue weighted by molar-refractivity contribution is 7.91. The molecule has 1 aliphatic heterocycles. The number of hydrogen-bond acceptors (Lipinski definition) is 7. The highest BCUT2D eigenvalue weighted by Gasteiger charge is 2.30. The summed E-state index contributed by atoms with van der Waals surface area (Å²) in [6.45, 7) is -0.0640. The molecule has 4 rings (SSSR count). The quantitative estimate of drug-likeness (QED) is 0.323. The molecule has 0 radical (unpaired) electrons. The topological polar surface area (TPSA) is 126 Å². The molecule has 1 amide bonds. The Hall–Kier alpha value is -2.96. The SMILES string of the molecule is COc1ccc(CNS(=O)(=O)c2cc(NC(=O)Cc3ccccc3Cl)ccc2O[C@H]2CC[S+]([O-])C2)c(OC)c1. The molecule has 39 heavy (non-hydrogen) atoms. The third-order valence-corrected chi connectivity index (χ3v) is 9.33. The maximum atomic E-state index is 13.5. The molecule has 2 N–H and O–H groups in total. The molecule has 1 unspecified atom stereocenters. The molecule has 1 aliphatic rings. The molecule has 0 aliphatic carbocycles. The molecule has 0 bridgehead atoms. The van der Waals surface area contributed by atoms with Gasteiger partial charge in [0.2, 0.25) is 15.9 Å². The van der Waals surface area contributed by atoms with Crippen molar-refractivity contribution in [2.24, 2.45) is 0 Å². The summed E-state index contributed by atoms with van der Waals surface area (Å²) in [6.07, 6.45) is 0.199. The van der Waals surface area contributed by atoms with Crippen LogP contribution in [0.1, 0.15) is 17.5 Å². The van der Waals surface area contributed by atoms with E-state index in [4.69, 9.17) is 25.8 Å². The van der Waals surface area contributed by atoms with Gasteiger partial charge < -0.3 is 24.1 Å². The number of rotatable bonds is 11. The van der Waals surface area contributed by atoms with Gasteiger partial charge in [-0.05, 0) is 47.1 Å². The number of carbonyl (C=O) groups is 1. The third-order valence-electron chi connectivity index (χ3n) is 6.11. The summed E-state index contributed by atoms with van der Waals surface area (Å²) in [7, 11) is -1.11. The van der Waals surface area contributed by atoms with Gasteiger partial charge in [-0.25, -0.2) is 13.1 Å². The van der Waals surface area contributed by atoms with Crippen LogP contribution in [0.15, 0.2) is 65.6 Å². The molecule has 3 aromatic rings. The molecular weight excluding hydrogens is 564 g/mol. The van der Waals surface area contributed by atoms with E-state index in [1.807, 2.05) is 0 Å². The van der Waals surface area contributed by atoms with Gasteiger partial charge in [0.15, 0.2) is 0 Å². The fraction of sp³-hybridized carbons (Fsp3) is 0.296. The molecule has 208 valence electrons.